The Morgan fingerprint density at radius 2 is 1.87 bits per heavy atom. The van der Waals surface area contributed by atoms with Gasteiger partial charge in [-0.1, -0.05) is 12.1 Å². The van der Waals surface area contributed by atoms with E-state index in [-0.39, 0.29) is 6.42 Å². The number of rotatable bonds is 4. The van der Waals surface area contributed by atoms with E-state index in [0.29, 0.717) is 17.6 Å². The fourth-order valence-electron chi connectivity index (χ4n) is 1.08. The SMILES string of the molecule is CC(=O)Oc1ccc(CC(=O)C=O)cc1. The number of aldehydes is 1. The van der Waals surface area contributed by atoms with Gasteiger partial charge in [-0.05, 0) is 17.7 Å². The standard InChI is InChI=1S/C11H10O4/c1-8(13)15-11-4-2-9(3-5-11)6-10(14)7-12/h2-5,7H,6H2,1H3. The third-order valence-electron chi connectivity index (χ3n) is 1.69. The van der Waals surface area contributed by atoms with Crippen LogP contribution in [-0.4, -0.2) is 18.0 Å². The number of carbonyl (C=O) groups excluding carboxylic acids is 3. The molecule has 0 atom stereocenters. The molecular weight excluding hydrogens is 196 g/mol. The average Bonchev–Trinajstić information content (AvgIpc) is 2.20. The molecule has 0 amide bonds. The van der Waals surface area contributed by atoms with Gasteiger partial charge in [0.25, 0.3) is 0 Å². The van der Waals surface area contributed by atoms with Crippen molar-refractivity contribution in [3.63, 3.8) is 0 Å². The van der Waals surface area contributed by atoms with Crippen LogP contribution >= 0.6 is 0 Å². The molecule has 1 aromatic rings. The van der Waals surface area contributed by atoms with Gasteiger partial charge < -0.3 is 4.74 Å². The minimum atomic E-state index is -0.477. The van der Waals surface area contributed by atoms with Crippen LogP contribution in [0.25, 0.3) is 0 Å². The molecule has 78 valence electrons. The number of benzene rings is 1. The van der Waals surface area contributed by atoms with Gasteiger partial charge in [-0.3, -0.25) is 14.4 Å². The third kappa shape index (κ3) is 3.72. The highest BCUT2D eigenvalue weighted by Crippen LogP contribution is 2.12. The molecule has 0 fully saturated rings. The molecule has 4 heteroatoms. The number of ether oxygens (including phenoxy) is 1. The summed E-state index contributed by atoms with van der Waals surface area (Å²) in [5.74, 6) is -0.452. The van der Waals surface area contributed by atoms with Gasteiger partial charge >= 0.3 is 5.97 Å². The van der Waals surface area contributed by atoms with Gasteiger partial charge in [-0.25, -0.2) is 0 Å². The van der Waals surface area contributed by atoms with Crippen molar-refractivity contribution in [1.82, 2.24) is 0 Å². The summed E-state index contributed by atoms with van der Waals surface area (Å²) >= 11 is 0. The zero-order valence-corrected chi connectivity index (χ0v) is 8.23. The lowest BCUT2D eigenvalue weighted by Crippen LogP contribution is -2.04. The number of Topliss-reactive ketones (excluding diaryl/α,β-unsaturated/α-hetero) is 1. The minimum absolute atomic E-state index is 0.0733. The normalized spacial score (nSPS) is 9.40. The minimum Gasteiger partial charge on any atom is -0.427 e. The van der Waals surface area contributed by atoms with Crippen LogP contribution < -0.4 is 4.74 Å². The van der Waals surface area contributed by atoms with Crippen molar-refractivity contribution in [1.29, 1.82) is 0 Å². The summed E-state index contributed by atoms with van der Waals surface area (Å²) in [7, 11) is 0. The molecule has 0 heterocycles. The molecule has 0 spiro atoms. The largest absolute Gasteiger partial charge is 0.427 e. The van der Waals surface area contributed by atoms with E-state index in [1.807, 2.05) is 0 Å². The molecule has 0 aromatic heterocycles. The molecule has 15 heavy (non-hydrogen) atoms. The van der Waals surface area contributed by atoms with Crippen molar-refractivity contribution in [2.75, 3.05) is 0 Å². The Morgan fingerprint density at radius 1 is 1.27 bits per heavy atom. The summed E-state index contributed by atoms with van der Waals surface area (Å²) < 4.78 is 4.81. The first-order valence-corrected chi connectivity index (χ1v) is 4.37. The van der Waals surface area contributed by atoms with Gasteiger partial charge in [0, 0.05) is 13.3 Å². The Bertz CT molecular complexity index is 378. The molecule has 0 bridgehead atoms. The molecule has 0 N–H and O–H groups in total. The lowest BCUT2D eigenvalue weighted by Gasteiger charge is -2.01. The second-order valence-corrected chi connectivity index (χ2v) is 3.00. The Balaban J connectivity index is 2.67. The van der Waals surface area contributed by atoms with Crippen molar-refractivity contribution in [2.45, 2.75) is 13.3 Å². The molecule has 0 aliphatic carbocycles. The van der Waals surface area contributed by atoms with Crippen molar-refractivity contribution >= 4 is 18.0 Å². The molecule has 0 aliphatic heterocycles. The van der Waals surface area contributed by atoms with Gasteiger partial charge in [0.05, 0.1) is 0 Å². The van der Waals surface area contributed by atoms with Crippen molar-refractivity contribution in [3.05, 3.63) is 29.8 Å². The van der Waals surface area contributed by atoms with E-state index in [1.54, 1.807) is 24.3 Å². The average molecular weight is 206 g/mol. The van der Waals surface area contributed by atoms with E-state index in [2.05, 4.69) is 0 Å². The summed E-state index contributed by atoms with van der Waals surface area (Å²) in [5, 5.41) is 0. The number of hydrogen-bond acceptors (Lipinski definition) is 4. The Kier molecular flexibility index (Phi) is 3.74. The summed E-state index contributed by atoms with van der Waals surface area (Å²) in [6.45, 7) is 1.31. The second-order valence-electron chi connectivity index (χ2n) is 3.00. The second kappa shape index (κ2) is 5.05. The first-order chi connectivity index (χ1) is 7.11. The molecule has 0 unspecified atom stereocenters. The molecule has 0 radical (unpaired) electrons. The summed E-state index contributed by atoms with van der Waals surface area (Å²) in [5.41, 5.74) is 0.711. The molecule has 0 aliphatic rings. The molecule has 1 rings (SSSR count). The van der Waals surface area contributed by atoms with E-state index in [1.165, 1.54) is 6.92 Å². The van der Waals surface area contributed by atoms with Gasteiger partial charge in [0.15, 0.2) is 12.1 Å². The maximum atomic E-state index is 10.8. The van der Waals surface area contributed by atoms with Crippen LogP contribution in [0.5, 0.6) is 5.75 Å². The zero-order chi connectivity index (χ0) is 11.3. The van der Waals surface area contributed by atoms with Crippen molar-refractivity contribution in [2.24, 2.45) is 0 Å². The number of carbonyl (C=O) groups is 3. The maximum absolute atomic E-state index is 10.8. The fourth-order valence-corrected chi connectivity index (χ4v) is 1.08. The highest BCUT2D eigenvalue weighted by Gasteiger charge is 2.02. The van der Waals surface area contributed by atoms with Gasteiger partial charge in [-0.2, -0.15) is 0 Å². The predicted octanol–water partition coefficient (Wildman–Crippen LogP) is 0.922. The van der Waals surface area contributed by atoms with E-state index in [9.17, 15) is 14.4 Å². The fraction of sp³-hybridized carbons (Fsp3) is 0.182. The van der Waals surface area contributed by atoms with E-state index in [4.69, 9.17) is 4.74 Å². The lowest BCUT2D eigenvalue weighted by atomic mass is 10.1. The third-order valence-corrected chi connectivity index (χ3v) is 1.69. The topological polar surface area (TPSA) is 60.4 Å². The number of hydrogen-bond donors (Lipinski definition) is 0. The van der Waals surface area contributed by atoms with Gasteiger partial charge in [-0.15, -0.1) is 0 Å². The summed E-state index contributed by atoms with van der Waals surface area (Å²) in [4.78, 5) is 31.5. The maximum Gasteiger partial charge on any atom is 0.308 e. The Labute approximate surface area is 86.9 Å². The smallest absolute Gasteiger partial charge is 0.308 e. The van der Waals surface area contributed by atoms with Crippen LogP contribution in [0.3, 0.4) is 0 Å². The van der Waals surface area contributed by atoms with Crippen LogP contribution in [0.4, 0.5) is 0 Å². The predicted molar refractivity (Wildman–Crippen MR) is 52.5 cm³/mol. The molecule has 0 saturated carbocycles. The summed E-state index contributed by atoms with van der Waals surface area (Å²) in [6, 6.07) is 6.43. The number of esters is 1. The Morgan fingerprint density at radius 3 is 2.33 bits per heavy atom. The molecule has 4 nitrogen and oxygen atoms in total. The first kappa shape index (κ1) is 11.1. The van der Waals surface area contributed by atoms with Crippen LogP contribution in [-0.2, 0) is 20.8 Å². The summed E-state index contributed by atoms with van der Waals surface area (Å²) in [6.07, 6.45) is 0.365. The number of ketones is 1. The quantitative estimate of drug-likeness (QED) is 0.318. The lowest BCUT2D eigenvalue weighted by molar-refractivity contribution is -0.131. The first-order valence-electron chi connectivity index (χ1n) is 4.37. The highest BCUT2D eigenvalue weighted by atomic mass is 16.5. The van der Waals surface area contributed by atoms with E-state index in [0.717, 1.165) is 0 Å². The van der Waals surface area contributed by atoms with Crippen LogP contribution in [0.15, 0.2) is 24.3 Å². The Hall–Kier alpha value is -1.97. The molecule has 0 saturated heterocycles. The zero-order valence-electron chi connectivity index (χ0n) is 8.23. The highest BCUT2D eigenvalue weighted by molar-refractivity contribution is 6.25. The molecular formula is C11H10O4. The van der Waals surface area contributed by atoms with Crippen molar-refractivity contribution < 1.29 is 19.1 Å². The van der Waals surface area contributed by atoms with E-state index < -0.39 is 11.8 Å². The van der Waals surface area contributed by atoms with Gasteiger partial charge in [0.1, 0.15) is 5.75 Å². The monoisotopic (exact) mass is 206 g/mol. The van der Waals surface area contributed by atoms with E-state index >= 15 is 0 Å². The van der Waals surface area contributed by atoms with Crippen LogP contribution in [0, 0.1) is 0 Å². The van der Waals surface area contributed by atoms with Gasteiger partial charge in [0.2, 0.25) is 0 Å². The molecule has 1 aromatic carbocycles. The van der Waals surface area contributed by atoms with Crippen LogP contribution in [0.1, 0.15) is 12.5 Å². The van der Waals surface area contributed by atoms with Crippen LogP contribution in [0.2, 0.25) is 0 Å². The van der Waals surface area contributed by atoms with Crippen molar-refractivity contribution in [3.8, 4) is 5.75 Å².